The van der Waals surface area contributed by atoms with Crippen LogP contribution < -0.4 is 0 Å². The molecule has 152 valence electrons. The molecular formula is C22H29NO4S. The van der Waals surface area contributed by atoms with Crippen molar-refractivity contribution in [3.8, 4) is 0 Å². The van der Waals surface area contributed by atoms with E-state index in [2.05, 4.69) is 17.0 Å². The number of rotatable bonds is 5. The van der Waals surface area contributed by atoms with Crippen molar-refractivity contribution in [2.75, 3.05) is 26.0 Å². The second-order valence-corrected chi connectivity index (χ2v) is 9.87. The van der Waals surface area contributed by atoms with Crippen molar-refractivity contribution in [2.45, 2.75) is 50.9 Å². The summed E-state index contributed by atoms with van der Waals surface area (Å²) in [6.45, 7) is 1.94. The van der Waals surface area contributed by atoms with Crippen LogP contribution in [0, 0.1) is 5.92 Å². The number of hydrogen-bond acceptors (Lipinski definition) is 4. The van der Waals surface area contributed by atoms with Crippen LogP contribution >= 0.6 is 0 Å². The van der Waals surface area contributed by atoms with Crippen LogP contribution in [-0.2, 0) is 19.1 Å². The lowest BCUT2D eigenvalue weighted by Crippen LogP contribution is -2.40. The molecule has 1 aromatic carbocycles. The molecule has 0 radical (unpaired) electrons. The van der Waals surface area contributed by atoms with E-state index in [0.29, 0.717) is 6.42 Å². The molecular weight excluding hydrogens is 374 g/mol. The number of piperidine rings is 1. The van der Waals surface area contributed by atoms with Crippen LogP contribution in [0.2, 0.25) is 0 Å². The molecule has 0 aromatic heterocycles. The van der Waals surface area contributed by atoms with Crippen molar-refractivity contribution in [1.82, 2.24) is 4.90 Å². The minimum atomic E-state index is -3.44. The second kappa shape index (κ2) is 7.99. The summed E-state index contributed by atoms with van der Waals surface area (Å²) < 4.78 is 27.8. The molecule has 3 aliphatic rings. The summed E-state index contributed by atoms with van der Waals surface area (Å²) >= 11 is 0. The van der Waals surface area contributed by atoms with Gasteiger partial charge in [-0.2, -0.15) is 8.42 Å². The predicted molar refractivity (Wildman–Crippen MR) is 109 cm³/mol. The largest absolute Gasteiger partial charge is 0.342 e. The van der Waals surface area contributed by atoms with Gasteiger partial charge in [-0.3, -0.25) is 8.98 Å². The Labute approximate surface area is 167 Å². The number of benzene rings is 1. The zero-order chi connectivity index (χ0) is 19.7. The number of carbonyl (C=O) groups is 1. The Kier molecular flexibility index (Phi) is 5.61. The van der Waals surface area contributed by atoms with E-state index < -0.39 is 10.1 Å². The Morgan fingerprint density at radius 2 is 1.89 bits per heavy atom. The fourth-order valence-electron chi connectivity index (χ4n) is 5.18. The molecule has 6 heteroatoms. The fraction of sp³-hybridized carbons (Fsp3) is 0.591. The lowest BCUT2D eigenvalue weighted by atomic mass is 9.79. The molecule has 1 aromatic rings. The molecule has 1 fully saturated rings. The van der Waals surface area contributed by atoms with E-state index in [1.54, 1.807) is 0 Å². The molecule has 1 amide bonds. The Hall–Kier alpha value is -1.66. The highest BCUT2D eigenvalue weighted by Gasteiger charge is 2.40. The molecule has 28 heavy (non-hydrogen) atoms. The first kappa shape index (κ1) is 19.6. The molecule has 0 N–H and O–H groups in total. The van der Waals surface area contributed by atoms with E-state index in [0.717, 1.165) is 51.4 Å². The number of allylic oxidation sites excluding steroid dienone is 1. The number of likely N-dealkylation sites (tertiary alicyclic amines) is 1. The highest BCUT2D eigenvalue weighted by molar-refractivity contribution is 7.85. The summed E-state index contributed by atoms with van der Waals surface area (Å²) in [6, 6.07) is 8.32. The van der Waals surface area contributed by atoms with Gasteiger partial charge >= 0.3 is 0 Å². The quantitative estimate of drug-likeness (QED) is 0.703. The molecule has 0 saturated carbocycles. The first-order chi connectivity index (χ1) is 13.5. The topological polar surface area (TPSA) is 63.7 Å². The van der Waals surface area contributed by atoms with Gasteiger partial charge in [-0.05, 0) is 61.6 Å². The molecule has 1 saturated heterocycles. The highest BCUT2D eigenvalue weighted by atomic mass is 32.2. The number of amides is 1. The Morgan fingerprint density at radius 1 is 1.14 bits per heavy atom. The summed E-state index contributed by atoms with van der Waals surface area (Å²) in [5.41, 5.74) is 4.97. The van der Waals surface area contributed by atoms with Crippen molar-refractivity contribution < 1.29 is 17.4 Å². The minimum absolute atomic E-state index is 0.0520. The van der Waals surface area contributed by atoms with Crippen LogP contribution in [0.15, 0.2) is 29.8 Å². The zero-order valence-electron chi connectivity index (χ0n) is 16.5. The average molecular weight is 404 g/mol. The van der Waals surface area contributed by atoms with Crippen LogP contribution in [0.5, 0.6) is 0 Å². The van der Waals surface area contributed by atoms with Gasteiger partial charge in [0, 0.05) is 19.0 Å². The maximum absolute atomic E-state index is 13.3. The third-order valence-electron chi connectivity index (χ3n) is 6.35. The van der Waals surface area contributed by atoms with Gasteiger partial charge in [0.1, 0.15) is 0 Å². The number of nitrogens with zero attached hydrogens (tertiary/aromatic N) is 1. The number of fused-ring (bicyclic) bond motifs is 2. The zero-order valence-corrected chi connectivity index (χ0v) is 17.3. The number of carbonyl (C=O) groups excluding carboxylic acids is 1. The molecule has 0 bridgehead atoms. The van der Waals surface area contributed by atoms with Crippen LogP contribution in [0.1, 0.15) is 62.0 Å². The van der Waals surface area contributed by atoms with Gasteiger partial charge in [0.25, 0.3) is 10.1 Å². The smallest absolute Gasteiger partial charge is 0.264 e. The monoisotopic (exact) mass is 403 g/mol. The molecule has 4 rings (SSSR count). The van der Waals surface area contributed by atoms with E-state index in [9.17, 15) is 13.2 Å². The summed E-state index contributed by atoms with van der Waals surface area (Å²) in [5, 5.41) is 0. The molecule has 1 aliphatic heterocycles. The predicted octanol–water partition coefficient (Wildman–Crippen LogP) is 3.72. The normalized spacial score (nSPS) is 24.8. The molecule has 5 nitrogen and oxygen atoms in total. The van der Waals surface area contributed by atoms with Crippen molar-refractivity contribution in [1.29, 1.82) is 0 Å². The molecule has 2 unspecified atom stereocenters. The fourth-order valence-corrected chi connectivity index (χ4v) is 5.58. The molecule has 2 atom stereocenters. The second-order valence-electron chi connectivity index (χ2n) is 8.22. The van der Waals surface area contributed by atoms with E-state index >= 15 is 0 Å². The lowest BCUT2D eigenvalue weighted by molar-refractivity contribution is -0.134. The van der Waals surface area contributed by atoms with Crippen molar-refractivity contribution in [2.24, 2.45) is 5.92 Å². The molecule has 0 spiro atoms. The third kappa shape index (κ3) is 3.90. The molecule has 1 heterocycles. The summed E-state index contributed by atoms with van der Waals surface area (Å²) in [6.07, 6.45) is 8.06. The van der Waals surface area contributed by atoms with Crippen LogP contribution in [0.3, 0.4) is 0 Å². The maximum atomic E-state index is 13.3. The van der Waals surface area contributed by atoms with Crippen molar-refractivity contribution in [3.05, 3.63) is 41.0 Å². The SMILES string of the molecule is CS(=O)(=O)OCCC1C2=C(c3ccccc31)C(C(=O)N1CCCCC1)CCC2. The van der Waals surface area contributed by atoms with E-state index in [1.807, 2.05) is 12.1 Å². The summed E-state index contributed by atoms with van der Waals surface area (Å²) in [4.78, 5) is 15.4. The number of hydrogen-bond donors (Lipinski definition) is 0. The van der Waals surface area contributed by atoms with Crippen molar-refractivity contribution in [3.63, 3.8) is 0 Å². The third-order valence-corrected chi connectivity index (χ3v) is 6.94. The Morgan fingerprint density at radius 3 is 2.64 bits per heavy atom. The van der Waals surface area contributed by atoms with Crippen molar-refractivity contribution >= 4 is 21.6 Å². The molecule has 2 aliphatic carbocycles. The van der Waals surface area contributed by atoms with E-state index in [-0.39, 0.29) is 24.3 Å². The summed E-state index contributed by atoms with van der Waals surface area (Å²) in [5.74, 6) is 0.392. The van der Waals surface area contributed by atoms with Gasteiger partial charge in [-0.15, -0.1) is 0 Å². The van der Waals surface area contributed by atoms with E-state index in [4.69, 9.17) is 4.18 Å². The first-order valence-corrected chi connectivity index (χ1v) is 12.2. The van der Waals surface area contributed by atoms with Gasteiger partial charge in [0.2, 0.25) is 5.91 Å². The van der Waals surface area contributed by atoms with Gasteiger partial charge in [-0.25, -0.2) is 0 Å². The van der Waals surface area contributed by atoms with Crippen LogP contribution in [0.25, 0.3) is 5.57 Å². The van der Waals surface area contributed by atoms with Gasteiger partial charge in [0.05, 0.1) is 18.8 Å². The lowest BCUT2D eigenvalue weighted by Gasteiger charge is -2.33. The Bertz CT molecular complexity index is 884. The standard InChI is InChI=1S/C22H29NO4S/c1-28(25,26)27-15-12-17-16-8-3-4-9-18(16)21-19(17)10-7-11-20(21)22(24)23-13-5-2-6-14-23/h3-4,8-9,17,20H,2,5-7,10-15H2,1H3. The van der Waals surface area contributed by atoms with Gasteiger partial charge in [-0.1, -0.05) is 29.8 Å². The average Bonchev–Trinajstić information content (AvgIpc) is 3.01. The van der Waals surface area contributed by atoms with E-state index in [1.165, 1.54) is 28.7 Å². The van der Waals surface area contributed by atoms with Crippen LogP contribution in [0.4, 0.5) is 0 Å². The highest BCUT2D eigenvalue weighted by Crippen LogP contribution is 2.52. The minimum Gasteiger partial charge on any atom is -0.342 e. The van der Waals surface area contributed by atoms with Gasteiger partial charge < -0.3 is 4.90 Å². The van der Waals surface area contributed by atoms with Crippen LogP contribution in [-0.4, -0.2) is 45.2 Å². The maximum Gasteiger partial charge on any atom is 0.264 e. The Balaban J connectivity index is 1.63. The first-order valence-electron chi connectivity index (χ1n) is 10.4. The van der Waals surface area contributed by atoms with Gasteiger partial charge in [0.15, 0.2) is 0 Å². The summed E-state index contributed by atoms with van der Waals surface area (Å²) in [7, 11) is -3.44.